The number of thiophene rings is 1. The minimum atomic E-state index is -0.152. The van der Waals surface area contributed by atoms with Gasteiger partial charge in [0.05, 0.1) is 6.61 Å². The van der Waals surface area contributed by atoms with Gasteiger partial charge in [-0.05, 0) is 41.5 Å². The first-order chi connectivity index (χ1) is 9.83. The summed E-state index contributed by atoms with van der Waals surface area (Å²) < 4.78 is 19.2. The zero-order valence-electron chi connectivity index (χ0n) is 11.3. The van der Waals surface area contributed by atoms with Crippen molar-refractivity contribution >= 4 is 11.3 Å². The molecule has 0 spiro atoms. The van der Waals surface area contributed by atoms with Gasteiger partial charge in [0.15, 0.2) is 0 Å². The van der Waals surface area contributed by atoms with E-state index in [-0.39, 0.29) is 5.82 Å². The molecule has 2 nitrogen and oxygen atoms in total. The molecule has 0 amide bonds. The van der Waals surface area contributed by atoms with Crippen LogP contribution in [0.5, 0.6) is 0 Å². The molecular weight excluding hydrogens is 273 g/mol. The van der Waals surface area contributed by atoms with Crippen LogP contribution in [-0.4, -0.2) is 19.8 Å². The van der Waals surface area contributed by atoms with Crippen LogP contribution in [0.4, 0.5) is 4.39 Å². The van der Waals surface area contributed by atoms with Gasteiger partial charge in [0, 0.05) is 30.1 Å². The maximum Gasteiger partial charge on any atom is 0.131 e. The van der Waals surface area contributed by atoms with Crippen LogP contribution in [-0.2, 0) is 11.3 Å². The van der Waals surface area contributed by atoms with Crippen molar-refractivity contribution in [1.82, 2.24) is 5.32 Å². The number of halogens is 1. The van der Waals surface area contributed by atoms with Crippen molar-refractivity contribution in [2.45, 2.75) is 13.0 Å². The zero-order chi connectivity index (χ0) is 13.8. The Labute approximate surface area is 122 Å². The summed E-state index contributed by atoms with van der Waals surface area (Å²) in [6.45, 7) is 3.48. The van der Waals surface area contributed by atoms with Gasteiger partial charge in [0.2, 0.25) is 0 Å². The average Bonchev–Trinajstić information content (AvgIpc) is 3.13. The summed E-state index contributed by atoms with van der Waals surface area (Å²) in [6.07, 6.45) is 1.14. The van der Waals surface area contributed by atoms with E-state index in [1.165, 1.54) is 0 Å². The van der Waals surface area contributed by atoms with Gasteiger partial charge in [-0.15, -0.1) is 11.3 Å². The van der Waals surface area contributed by atoms with E-state index in [0.29, 0.717) is 11.5 Å². The Kier molecular flexibility index (Phi) is 4.45. The molecule has 4 heteroatoms. The fourth-order valence-electron chi connectivity index (χ4n) is 2.47. The quantitative estimate of drug-likeness (QED) is 0.907. The average molecular weight is 291 g/mol. The third-order valence-electron chi connectivity index (χ3n) is 3.60. The summed E-state index contributed by atoms with van der Waals surface area (Å²) in [6, 6.07) is 9.26. The zero-order valence-corrected chi connectivity index (χ0v) is 12.1. The first-order valence-electron chi connectivity index (χ1n) is 6.93. The number of benzene rings is 1. The minimum absolute atomic E-state index is 0.152. The smallest absolute Gasteiger partial charge is 0.131 e. The normalized spacial score (nSPS) is 18.6. The largest absolute Gasteiger partial charge is 0.381 e. The first kappa shape index (κ1) is 13.7. The summed E-state index contributed by atoms with van der Waals surface area (Å²) in [5.41, 5.74) is 1.82. The molecule has 0 aliphatic carbocycles. The van der Waals surface area contributed by atoms with E-state index >= 15 is 0 Å². The highest BCUT2D eigenvalue weighted by molar-refractivity contribution is 7.13. The van der Waals surface area contributed by atoms with Crippen LogP contribution >= 0.6 is 11.3 Å². The van der Waals surface area contributed by atoms with Crippen molar-refractivity contribution < 1.29 is 9.13 Å². The van der Waals surface area contributed by atoms with Crippen LogP contribution in [0.3, 0.4) is 0 Å². The lowest BCUT2D eigenvalue weighted by Gasteiger charge is -2.10. The fourth-order valence-corrected chi connectivity index (χ4v) is 3.21. The summed E-state index contributed by atoms with van der Waals surface area (Å²) >= 11 is 1.57. The Morgan fingerprint density at radius 1 is 1.35 bits per heavy atom. The van der Waals surface area contributed by atoms with Gasteiger partial charge < -0.3 is 10.1 Å². The van der Waals surface area contributed by atoms with Crippen LogP contribution in [0.25, 0.3) is 10.4 Å². The lowest BCUT2D eigenvalue weighted by Crippen LogP contribution is -2.22. The van der Waals surface area contributed by atoms with E-state index in [1.807, 2.05) is 29.6 Å². The maximum absolute atomic E-state index is 13.9. The molecule has 106 valence electrons. The molecule has 1 aromatic heterocycles. The Hall–Kier alpha value is -1.23. The second kappa shape index (κ2) is 6.48. The van der Waals surface area contributed by atoms with Gasteiger partial charge in [-0.3, -0.25) is 0 Å². The molecule has 0 bridgehead atoms. The highest BCUT2D eigenvalue weighted by Gasteiger charge is 2.14. The molecule has 1 N–H and O–H groups in total. The van der Waals surface area contributed by atoms with Crippen molar-refractivity contribution in [3.8, 4) is 10.4 Å². The van der Waals surface area contributed by atoms with Crippen molar-refractivity contribution in [3.63, 3.8) is 0 Å². The third-order valence-corrected chi connectivity index (χ3v) is 4.51. The monoisotopic (exact) mass is 291 g/mol. The van der Waals surface area contributed by atoms with Crippen LogP contribution < -0.4 is 5.32 Å². The van der Waals surface area contributed by atoms with Gasteiger partial charge in [-0.25, -0.2) is 4.39 Å². The van der Waals surface area contributed by atoms with Gasteiger partial charge in [-0.1, -0.05) is 12.1 Å². The molecule has 3 rings (SSSR count). The van der Waals surface area contributed by atoms with Crippen LogP contribution in [0, 0.1) is 11.7 Å². The number of nitrogens with one attached hydrogen (secondary N) is 1. The molecule has 1 fully saturated rings. The van der Waals surface area contributed by atoms with Crippen molar-refractivity contribution in [2.75, 3.05) is 19.8 Å². The molecule has 2 heterocycles. The molecule has 1 atom stereocenters. The molecular formula is C16H18FNOS. The predicted octanol–water partition coefficient (Wildman–Crippen LogP) is 3.68. The van der Waals surface area contributed by atoms with Crippen LogP contribution in [0.1, 0.15) is 12.0 Å². The number of ether oxygens (including phenoxy) is 1. The highest BCUT2D eigenvalue weighted by Crippen LogP contribution is 2.28. The van der Waals surface area contributed by atoms with E-state index < -0.39 is 0 Å². The Balaban J connectivity index is 1.63. The standard InChI is InChI=1S/C16H18FNOS/c17-15-4-3-12(8-14(15)16-2-1-7-20-16)9-18-10-13-5-6-19-11-13/h1-4,7-8,13,18H,5-6,9-11H2. The maximum atomic E-state index is 13.9. The second-order valence-corrected chi connectivity index (χ2v) is 6.10. The fraction of sp³-hybridized carbons (Fsp3) is 0.375. The van der Waals surface area contributed by atoms with Gasteiger partial charge in [0.25, 0.3) is 0 Å². The molecule has 1 aromatic carbocycles. The molecule has 1 saturated heterocycles. The van der Waals surface area contributed by atoms with Gasteiger partial charge >= 0.3 is 0 Å². The molecule has 0 radical (unpaired) electrons. The van der Waals surface area contributed by atoms with Gasteiger partial charge in [0.1, 0.15) is 5.82 Å². The third kappa shape index (κ3) is 3.26. The van der Waals surface area contributed by atoms with Crippen molar-refractivity contribution in [2.24, 2.45) is 5.92 Å². The Bertz CT molecular complexity index is 550. The Morgan fingerprint density at radius 2 is 2.30 bits per heavy atom. The summed E-state index contributed by atoms with van der Waals surface area (Å²) in [5.74, 6) is 0.465. The van der Waals surface area contributed by atoms with Gasteiger partial charge in [-0.2, -0.15) is 0 Å². The van der Waals surface area contributed by atoms with E-state index in [4.69, 9.17) is 4.74 Å². The predicted molar refractivity (Wildman–Crippen MR) is 80.3 cm³/mol. The molecule has 0 saturated carbocycles. The minimum Gasteiger partial charge on any atom is -0.381 e. The second-order valence-electron chi connectivity index (χ2n) is 5.15. The topological polar surface area (TPSA) is 21.3 Å². The van der Waals surface area contributed by atoms with E-state index in [9.17, 15) is 4.39 Å². The van der Waals surface area contributed by atoms with Crippen molar-refractivity contribution in [3.05, 3.63) is 47.1 Å². The first-order valence-corrected chi connectivity index (χ1v) is 7.81. The lowest BCUT2D eigenvalue weighted by molar-refractivity contribution is 0.185. The molecule has 1 aliphatic heterocycles. The SMILES string of the molecule is Fc1ccc(CNCC2CCOC2)cc1-c1cccs1. The Morgan fingerprint density at radius 3 is 3.05 bits per heavy atom. The van der Waals surface area contributed by atoms with Crippen LogP contribution in [0.15, 0.2) is 35.7 Å². The summed E-state index contributed by atoms with van der Waals surface area (Å²) in [7, 11) is 0. The van der Waals surface area contributed by atoms with E-state index in [1.54, 1.807) is 17.4 Å². The molecule has 1 unspecified atom stereocenters. The number of hydrogen-bond acceptors (Lipinski definition) is 3. The van der Waals surface area contributed by atoms with Crippen molar-refractivity contribution in [1.29, 1.82) is 0 Å². The highest BCUT2D eigenvalue weighted by atomic mass is 32.1. The van der Waals surface area contributed by atoms with Crippen LogP contribution in [0.2, 0.25) is 0 Å². The summed E-state index contributed by atoms with van der Waals surface area (Å²) in [4.78, 5) is 0.980. The van der Waals surface area contributed by atoms with E-state index in [0.717, 1.165) is 43.2 Å². The molecule has 20 heavy (non-hydrogen) atoms. The molecule has 2 aromatic rings. The summed E-state index contributed by atoms with van der Waals surface area (Å²) in [5, 5.41) is 5.41. The van der Waals surface area contributed by atoms with E-state index in [2.05, 4.69) is 5.32 Å². The lowest BCUT2D eigenvalue weighted by atomic mass is 10.1. The molecule has 1 aliphatic rings. The number of hydrogen-bond donors (Lipinski definition) is 1. The number of rotatable bonds is 5.